The van der Waals surface area contributed by atoms with Crippen LogP contribution in [0.5, 0.6) is 0 Å². The summed E-state index contributed by atoms with van der Waals surface area (Å²) >= 11 is 3.13. The summed E-state index contributed by atoms with van der Waals surface area (Å²) in [6.07, 6.45) is 2.74. The Morgan fingerprint density at radius 3 is 2.81 bits per heavy atom. The van der Waals surface area contributed by atoms with Crippen molar-refractivity contribution in [2.75, 3.05) is 13.2 Å². The predicted molar refractivity (Wildman–Crippen MR) is 82.0 cm³/mol. The molecule has 2 rings (SSSR count). The van der Waals surface area contributed by atoms with Gasteiger partial charge in [0.1, 0.15) is 5.82 Å². The van der Waals surface area contributed by atoms with E-state index >= 15 is 0 Å². The van der Waals surface area contributed by atoms with Gasteiger partial charge in [-0.1, -0.05) is 0 Å². The van der Waals surface area contributed by atoms with Crippen LogP contribution in [0.25, 0.3) is 0 Å². The molecule has 1 aromatic rings. The molecule has 1 aliphatic heterocycles. The Balaban J connectivity index is 2.38. The normalized spacial score (nSPS) is 23.6. The quantitative estimate of drug-likeness (QED) is 0.855. The van der Waals surface area contributed by atoms with Gasteiger partial charge < -0.3 is 5.11 Å². The van der Waals surface area contributed by atoms with E-state index in [-0.39, 0.29) is 16.0 Å². The van der Waals surface area contributed by atoms with Gasteiger partial charge in [0.05, 0.1) is 4.90 Å². The average Bonchev–Trinajstić information content (AvgIpc) is 2.79. The van der Waals surface area contributed by atoms with E-state index in [1.54, 1.807) is 0 Å². The molecule has 0 saturated carbocycles. The van der Waals surface area contributed by atoms with Crippen LogP contribution in [0.2, 0.25) is 0 Å². The van der Waals surface area contributed by atoms with Crippen molar-refractivity contribution in [3.8, 4) is 0 Å². The van der Waals surface area contributed by atoms with E-state index < -0.39 is 21.4 Å². The van der Waals surface area contributed by atoms with Crippen LogP contribution in [0.3, 0.4) is 0 Å². The lowest BCUT2D eigenvalue weighted by Gasteiger charge is -2.34. The molecule has 118 valence electrons. The van der Waals surface area contributed by atoms with Crippen molar-refractivity contribution >= 4 is 26.0 Å². The summed E-state index contributed by atoms with van der Waals surface area (Å²) in [7, 11) is -3.69. The predicted octanol–water partition coefficient (Wildman–Crippen LogP) is 2.90. The number of halogens is 2. The number of benzene rings is 1. The van der Waals surface area contributed by atoms with Gasteiger partial charge >= 0.3 is 0 Å². The Bertz CT molecular complexity index is 623. The van der Waals surface area contributed by atoms with Crippen LogP contribution in [0.1, 0.15) is 32.6 Å². The minimum absolute atomic E-state index is 0.0454. The molecule has 21 heavy (non-hydrogen) atoms. The highest BCUT2D eigenvalue weighted by atomic mass is 79.9. The first-order chi connectivity index (χ1) is 9.81. The van der Waals surface area contributed by atoms with Crippen LogP contribution in [0.4, 0.5) is 4.39 Å². The molecule has 0 spiro atoms. The zero-order chi connectivity index (χ0) is 15.7. The molecule has 0 aromatic heterocycles. The maximum absolute atomic E-state index is 13.2. The number of sulfonamides is 1. The SMILES string of the molecule is C[C@]1(CCCO)CCCN1S(=O)(=O)c1ccc(F)cc1Br. The van der Waals surface area contributed by atoms with Crippen molar-refractivity contribution in [2.45, 2.75) is 43.0 Å². The molecule has 1 aliphatic rings. The highest BCUT2D eigenvalue weighted by molar-refractivity contribution is 9.10. The molecule has 7 heteroatoms. The van der Waals surface area contributed by atoms with E-state index in [4.69, 9.17) is 5.11 Å². The molecule has 1 heterocycles. The van der Waals surface area contributed by atoms with Crippen LogP contribution in [0, 0.1) is 5.82 Å². The molecule has 0 aliphatic carbocycles. The third kappa shape index (κ3) is 3.31. The van der Waals surface area contributed by atoms with E-state index in [2.05, 4.69) is 15.9 Å². The largest absolute Gasteiger partial charge is 0.396 e. The highest BCUT2D eigenvalue weighted by Crippen LogP contribution is 2.39. The fourth-order valence-corrected chi connectivity index (χ4v) is 5.80. The lowest BCUT2D eigenvalue weighted by molar-refractivity contribution is 0.209. The van der Waals surface area contributed by atoms with Crippen LogP contribution in [-0.2, 0) is 10.0 Å². The first kappa shape index (κ1) is 16.9. The van der Waals surface area contributed by atoms with Crippen LogP contribution in [-0.4, -0.2) is 36.5 Å². The molecule has 1 atom stereocenters. The molecule has 0 radical (unpaired) electrons. The lowest BCUT2D eigenvalue weighted by atomic mass is 9.94. The molecule has 0 amide bonds. The second-order valence-corrected chi connectivity index (χ2v) is 8.26. The molecule has 1 N–H and O–H groups in total. The van der Waals surface area contributed by atoms with Gasteiger partial charge in [-0.3, -0.25) is 0 Å². The highest BCUT2D eigenvalue weighted by Gasteiger charge is 2.44. The summed E-state index contributed by atoms with van der Waals surface area (Å²) < 4.78 is 40.6. The van der Waals surface area contributed by atoms with E-state index in [1.807, 2.05) is 6.92 Å². The van der Waals surface area contributed by atoms with E-state index in [0.717, 1.165) is 25.0 Å². The Kier molecular flexibility index (Phi) is 5.07. The van der Waals surface area contributed by atoms with Crippen LogP contribution in [0.15, 0.2) is 27.6 Å². The zero-order valence-corrected chi connectivity index (χ0v) is 14.3. The summed E-state index contributed by atoms with van der Waals surface area (Å²) in [6.45, 7) is 2.41. The van der Waals surface area contributed by atoms with Gasteiger partial charge in [0.25, 0.3) is 0 Å². The maximum atomic E-state index is 13.2. The maximum Gasteiger partial charge on any atom is 0.244 e. The Labute approximate surface area is 133 Å². The van der Waals surface area contributed by atoms with Gasteiger partial charge in [-0.2, -0.15) is 4.31 Å². The molecule has 0 unspecified atom stereocenters. The van der Waals surface area contributed by atoms with Crippen molar-refractivity contribution in [3.63, 3.8) is 0 Å². The zero-order valence-electron chi connectivity index (χ0n) is 11.8. The van der Waals surface area contributed by atoms with Crippen molar-refractivity contribution in [2.24, 2.45) is 0 Å². The van der Waals surface area contributed by atoms with Crippen LogP contribution < -0.4 is 0 Å². The number of hydrogen-bond acceptors (Lipinski definition) is 3. The first-order valence-corrected chi connectivity index (χ1v) is 9.13. The van der Waals surface area contributed by atoms with E-state index in [0.29, 0.717) is 19.4 Å². The fraction of sp³-hybridized carbons (Fsp3) is 0.571. The second-order valence-electron chi connectivity index (χ2n) is 5.58. The Hall–Kier alpha value is -0.500. The van der Waals surface area contributed by atoms with E-state index in [1.165, 1.54) is 10.4 Å². The van der Waals surface area contributed by atoms with Gasteiger partial charge in [0, 0.05) is 23.2 Å². The van der Waals surface area contributed by atoms with Gasteiger partial charge in [-0.05, 0) is 66.7 Å². The number of rotatable bonds is 5. The van der Waals surface area contributed by atoms with E-state index in [9.17, 15) is 12.8 Å². The van der Waals surface area contributed by atoms with Crippen molar-refractivity contribution in [1.29, 1.82) is 0 Å². The fourth-order valence-electron chi connectivity index (χ4n) is 2.92. The number of aliphatic hydroxyl groups excluding tert-OH is 1. The molecule has 1 aromatic carbocycles. The lowest BCUT2D eigenvalue weighted by Crippen LogP contribution is -2.45. The summed E-state index contributed by atoms with van der Waals surface area (Å²) in [5, 5.41) is 9.00. The number of aliphatic hydroxyl groups is 1. The molecular weight excluding hydrogens is 361 g/mol. The third-order valence-corrected chi connectivity index (χ3v) is 7.05. The second kappa shape index (κ2) is 6.32. The van der Waals surface area contributed by atoms with Gasteiger partial charge in [0.2, 0.25) is 10.0 Å². The van der Waals surface area contributed by atoms with Gasteiger partial charge in [-0.25, -0.2) is 12.8 Å². The molecule has 0 bridgehead atoms. The van der Waals surface area contributed by atoms with Gasteiger partial charge in [-0.15, -0.1) is 0 Å². The Morgan fingerprint density at radius 2 is 2.19 bits per heavy atom. The molecular formula is C14H19BrFNO3S. The first-order valence-electron chi connectivity index (χ1n) is 6.90. The topological polar surface area (TPSA) is 57.6 Å². The number of hydrogen-bond donors (Lipinski definition) is 1. The van der Waals surface area contributed by atoms with Gasteiger partial charge in [0.15, 0.2) is 0 Å². The summed E-state index contributed by atoms with van der Waals surface area (Å²) in [5.41, 5.74) is -0.491. The average molecular weight is 380 g/mol. The number of nitrogens with zero attached hydrogens (tertiary/aromatic N) is 1. The molecule has 1 fully saturated rings. The summed E-state index contributed by atoms with van der Waals surface area (Å²) in [4.78, 5) is 0.0843. The smallest absolute Gasteiger partial charge is 0.244 e. The van der Waals surface area contributed by atoms with Crippen molar-refractivity contribution in [1.82, 2.24) is 4.31 Å². The molecule has 4 nitrogen and oxygen atoms in total. The van der Waals surface area contributed by atoms with Crippen LogP contribution >= 0.6 is 15.9 Å². The standard InChI is InChI=1S/C14H19BrFNO3S/c1-14(7-3-9-18)6-2-8-17(14)21(19,20)13-5-4-11(16)10-12(13)15/h4-5,10,18H,2-3,6-9H2,1H3/t14-/m1/s1. The summed E-state index contributed by atoms with van der Waals surface area (Å²) in [6, 6.07) is 3.60. The third-order valence-electron chi connectivity index (χ3n) is 4.01. The van der Waals surface area contributed by atoms with Crippen molar-refractivity contribution in [3.05, 3.63) is 28.5 Å². The van der Waals surface area contributed by atoms with Crippen molar-refractivity contribution < 1.29 is 17.9 Å². The minimum atomic E-state index is -3.69. The Morgan fingerprint density at radius 1 is 1.48 bits per heavy atom. The molecule has 1 saturated heterocycles. The monoisotopic (exact) mass is 379 g/mol. The minimum Gasteiger partial charge on any atom is -0.396 e. The summed E-state index contributed by atoms with van der Waals surface area (Å²) in [5.74, 6) is -0.481.